The van der Waals surface area contributed by atoms with Crippen LogP contribution in [-0.4, -0.2) is 15.3 Å². The molecule has 0 saturated heterocycles. The topological polar surface area (TPSA) is 0 Å². The molecule has 3 heteroatoms. The van der Waals surface area contributed by atoms with Gasteiger partial charge in [-0.25, -0.2) is 0 Å². The molecule has 1 fully saturated rings. The highest BCUT2D eigenvalue weighted by Gasteiger charge is 2.24. The monoisotopic (exact) mass is 212 g/mol. The van der Waals surface area contributed by atoms with E-state index in [2.05, 4.69) is 0 Å². The van der Waals surface area contributed by atoms with Crippen molar-refractivity contribution in [3.8, 4) is 0 Å². The van der Waals surface area contributed by atoms with Crippen molar-refractivity contribution >= 4 is 35.0 Å². The minimum atomic E-state index is 0.208. The summed E-state index contributed by atoms with van der Waals surface area (Å²) < 4.78 is 0.208. The molecule has 1 aliphatic carbocycles. The van der Waals surface area contributed by atoms with Gasteiger partial charge < -0.3 is 0 Å². The van der Waals surface area contributed by atoms with Gasteiger partial charge in [-0.1, -0.05) is 12.8 Å². The first-order valence-corrected chi connectivity index (χ1v) is 5.95. The van der Waals surface area contributed by atoms with Gasteiger partial charge in [0.2, 0.25) is 0 Å². The van der Waals surface area contributed by atoms with Crippen LogP contribution in [0.2, 0.25) is 0 Å². The molecule has 0 aromatic carbocycles. The number of thioether (sulfide) groups is 1. The zero-order chi connectivity index (χ0) is 8.27. The third-order valence-electron chi connectivity index (χ3n) is 1.98. The summed E-state index contributed by atoms with van der Waals surface area (Å²) in [5, 5.41) is 0.952. The molecular weight excluding hydrogens is 199 g/mol. The lowest BCUT2D eigenvalue weighted by Gasteiger charge is -2.27. The molecule has 0 heterocycles. The highest BCUT2D eigenvalue weighted by atomic mass is 35.5. The van der Waals surface area contributed by atoms with Crippen molar-refractivity contribution < 1.29 is 0 Å². The van der Waals surface area contributed by atoms with Crippen molar-refractivity contribution in [2.45, 2.75) is 47.9 Å². The highest BCUT2D eigenvalue weighted by molar-refractivity contribution is 8.01. The number of rotatable bonds is 2. The number of hydrogen-bond donors (Lipinski definition) is 0. The van der Waals surface area contributed by atoms with Gasteiger partial charge in [-0.15, -0.1) is 35.0 Å². The number of hydrogen-bond acceptors (Lipinski definition) is 1. The van der Waals surface area contributed by atoms with E-state index in [1.165, 1.54) is 25.7 Å². The van der Waals surface area contributed by atoms with E-state index in [1.807, 2.05) is 18.7 Å². The second-order valence-electron chi connectivity index (χ2n) is 3.02. The van der Waals surface area contributed by atoms with Crippen LogP contribution in [0.1, 0.15) is 32.6 Å². The second kappa shape index (κ2) is 4.84. The van der Waals surface area contributed by atoms with Crippen LogP contribution in [-0.2, 0) is 0 Å². The molecule has 1 aliphatic rings. The molecule has 11 heavy (non-hydrogen) atoms. The van der Waals surface area contributed by atoms with Crippen LogP contribution in [0.25, 0.3) is 0 Å². The van der Waals surface area contributed by atoms with Crippen molar-refractivity contribution in [2.75, 3.05) is 0 Å². The van der Waals surface area contributed by atoms with Gasteiger partial charge >= 0.3 is 0 Å². The maximum absolute atomic E-state index is 6.15. The Morgan fingerprint density at radius 3 is 2.55 bits per heavy atom. The summed E-state index contributed by atoms with van der Waals surface area (Å²) >= 11 is 13.8. The zero-order valence-electron chi connectivity index (χ0n) is 6.72. The van der Waals surface area contributed by atoms with Crippen LogP contribution < -0.4 is 0 Å². The normalized spacial score (nSPS) is 35.2. The Hall–Kier alpha value is 0.930. The summed E-state index contributed by atoms with van der Waals surface area (Å²) in [6, 6.07) is 0. The minimum Gasteiger partial charge on any atom is -0.138 e. The van der Waals surface area contributed by atoms with Crippen LogP contribution in [0.4, 0.5) is 0 Å². The summed E-state index contributed by atoms with van der Waals surface area (Å²) in [7, 11) is 0. The quantitative estimate of drug-likeness (QED) is 0.628. The van der Waals surface area contributed by atoms with Crippen molar-refractivity contribution in [1.82, 2.24) is 0 Å². The number of halogens is 2. The Bertz CT molecular complexity index is 117. The van der Waals surface area contributed by atoms with Gasteiger partial charge in [0.1, 0.15) is 0 Å². The summed E-state index contributed by atoms with van der Waals surface area (Å²) in [5.41, 5.74) is 0. The first-order valence-electron chi connectivity index (χ1n) is 4.14. The Kier molecular flexibility index (Phi) is 4.40. The van der Waals surface area contributed by atoms with E-state index in [-0.39, 0.29) is 4.71 Å². The fourth-order valence-electron chi connectivity index (χ4n) is 1.45. The van der Waals surface area contributed by atoms with E-state index in [9.17, 15) is 0 Å². The second-order valence-corrected chi connectivity index (χ2v) is 6.08. The van der Waals surface area contributed by atoms with E-state index in [1.54, 1.807) is 0 Å². The van der Waals surface area contributed by atoms with Crippen LogP contribution in [0, 0.1) is 0 Å². The van der Waals surface area contributed by atoms with Gasteiger partial charge in [-0.05, 0) is 19.8 Å². The molecule has 66 valence electrons. The van der Waals surface area contributed by atoms with Crippen molar-refractivity contribution in [1.29, 1.82) is 0 Å². The Balaban J connectivity index is 2.29. The van der Waals surface area contributed by atoms with Gasteiger partial charge in [-0.2, -0.15) is 0 Å². The third kappa shape index (κ3) is 3.43. The number of alkyl halides is 2. The van der Waals surface area contributed by atoms with E-state index < -0.39 is 0 Å². The molecule has 0 aliphatic heterocycles. The Morgan fingerprint density at radius 2 is 2.00 bits per heavy atom. The predicted octanol–water partition coefficient (Wildman–Crippen LogP) is 3.85. The molecule has 3 atom stereocenters. The lowest BCUT2D eigenvalue weighted by Crippen LogP contribution is -2.23. The van der Waals surface area contributed by atoms with Crippen molar-refractivity contribution in [3.63, 3.8) is 0 Å². The minimum absolute atomic E-state index is 0.208. The maximum Gasteiger partial charge on any atom is 0.0764 e. The molecular formula is C8H14Cl2S. The summed E-state index contributed by atoms with van der Waals surface area (Å²) in [4.78, 5) is 0. The fraction of sp³-hybridized carbons (Fsp3) is 1.00. The summed E-state index contributed by atoms with van der Waals surface area (Å²) in [6.07, 6.45) is 5.03. The molecule has 0 bridgehead atoms. The summed E-state index contributed by atoms with van der Waals surface area (Å²) in [5.74, 6) is 0. The standard InChI is InChI=1S/C8H14Cl2S/c1-6(9)11-8-5-3-2-4-7(8)10/h6-8H,2-5H2,1H3. The van der Waals surface area contributed by atoms with E-state index in [4.69, 9.17) is 23.2 Å². The third-order valence-corrected chi connectivity index (χ3v) is 4.25. The molecule has 0 aromatic heterocycles. The average Bonchev–Trinajstić information content (AvgIpc) is 1.93. The lowest BCUT2D eigenvalue weighted by molar-refractivity contribution is 0.522. The average molecular weight is 213 g/mol. The Morgan fingerprint density at radius 1 is 1.36 bits per heavy atom. The smallest absolute Gasteiger partial charge is 0.0764 e. The van der Waals surface area contributed by atoms with Crippen LogP contribution in [0.15, 0.2) is 0 Å². The fourth-order valence-corrected chi connectivity index (χ4v) is 3.39. The molecule has 3 unspecified atom stereocenters. The highest BCUT2D eigenvalue weighted by Crippen LogP contribution is 2.35. The lowest BCUT2D eigenvalue weighted by atomic mass is 10.00. The molecule has 0 nitrogen and oxygen atoms in total. The van der Waals surface area contributed by atoms with E-state index >= 15 is 0 Å². The first kappa shape index (κ1) is 10.0. The van der Waals surface area contributed by atoms with Gasteiger partial charge in [0, 0.05) is 10.6 Å². The largest absolute Gasteiger partial charge is 0.138 e. The van der Waals surface area contributed by atoms with Gasteiger partial charge in [0.15, 0.2) is 0 Å². The predicted molar refractivity (Wildman–Crippen MR) is 54.8 cm³/mol. The molecule has 0 spiro atoms. The molecule has 0 aromatic rings. The van der Waals surface area contributed by atoms with Crippen molar-refractivity contribution in [3.05, 3.63) is 0 Å². The SMILES string of the molecule is CC(Cl)SC1CCCCC1Cl. The maximum atomic E-state index is 6.15. The molecule has 1 rings (SSSR count). The van der Waals surface area contributed by atoms with Gasteiger partial charge in [0.05, 0.1) is 4.71 Å². The molecule has 0 N–H and O–H groups in total. The van der Waals surface area contributed by atoms with Gasteiger partial charge in [-0.3, -0.25) is 0 Å². The Labute approximate surface area is 83.0 Å². The molecule has 1 saturated carbocycles. The first-order chi connectivity index (χ1) is 5.20. The summed E-state index contributed by atoms with van der Waals surface area (Å²) in [6.45, 7) is 2.02. The van der Waals surface area contributed by atoms with Crippen molar-refractivity contribution in [2.24, 2.45) is 0 Å². The van der Waals surface area contributed by atoms with Gasteiger partial charge in [0.25, 0.3) is 0 Å². The van der Waals surface area contributed by atoms with Crippen LogP contribution in [0.5, 0.6) is 0 Å². The molecule has 0 amide bonds. The van der Waals surface area contributed by atoms with E-state index in [0.717, 1.165) is 0 Å². The molecule has 0 radical (unpaired) electrons. The van der Waals surface area contributed by atoms with Crippen LogP contribution in [0.3, 0.4) is 0 Å². The zero-order valence-corrected chi connectivity index (χ0v) is 9.05. The van der Waals surface area contributed by atoms with E-state index in [0.29, 0.717) is 10.6 Å². The van der Waals surface area contributed by atoms with Crippen LogP contribution >= 0.6 is 35.0 Å².